The summed E-state index contributed by atoms with van der Waals surface area (Å²) in [5, 5.41) is 27.1. The van der Waals surface area contributed by atoms with E-state index in [0.29, 0.717) is 37.0 Å². The fraction of sp³-hybridized carbons (Fsp3) is 0.625. The van der Waals surface area contributed by atoms with Crippen molar-refractivity contribution in [2.24, 2.45) is 17.8 Å². The van der Waals surface area contributed by atoms with E-state index in [4.69, 9.17) is 15.3 Å². The number of hydrogen-bond donors (Lipinski definition) is 3. The number of hydrogen-bond acceptors (Lipinski definition) is 6. The molecule has 0 saturated carbocycles. The molecule has 0 amide bonds. The van der Waals surface area contributed by atoms with Crippen molar-refractivity contribution < 1.29 is 48.3 Å². The van der Waals surface area contributed by atoms with Crippen molar-refractivity contribution in [3.05, 3.63) is 35.5 Å². The third-order valence-corrected chi connectivity index (χ3v) is 2.96. The van der Waals surface area contributed by atoms with E-state index in [1.54, 1.807) is 0 Å². The summed E-state index contributed by atoms with van der Waals surface area (Å²) in [6, 6.07) is 0. The number of aliphatic hydroxyl groups is 3. The van der Waals surface area contributed by atoms with Crippen LogP contribution in [0, 0.1) is 17.8 Å². The standard InChI is InChI=1S/3C8H14O2.V/c3*1-6(2)4-8(10)5-7(3)9;/h3*5-6,10H,4H2,1-3H3;. The van der Waals surface area contributed by atoms with Gasteiger partial charge in [-0.15, -0.1) is 0 Å². The third kappa shape index (κ3) is 39.3. The molecule has 0 aromatic rings. The maximum absolute atomic E-state index is 10.4. The van der Waals surface area contributed by atoms with Gasteiger partial charge in [0.2, 0.25) is 0 Å². The minimum absolute atomic E-state index is 0. The van der Waals surface area contributed by atoms with Crippen molar-refractivity contribution in [1.82, 2.24) is 0 Å². The average molecular weight is 478 g/mol. The smallest absolute Gasteiger partial charge is 0.155 e. The van der Waals surface area contributed by atoms with Crippen LogP contribution in [0.5, 0.6) is 0 Å². The Morgan fingerprint density at radius 2 is 0.710 bits per heavy atom. The second-order valence-corrected chi connectivity index (χ2v) is 8.53. The van der Waals surface area contributed by atoms with Crippen LogP contribution in [0.4, 0.5) is 0 Å². The molecule has 0 aromatic heterocycles. The molecule has 0 bridgehead atoms. The van der Waals surface area contributed by atoms with Gasteiger partial charge in [-0.2, -0.15) is 0 Å². The molecule has 0 atom stereocenters. The van der Waals surface area contributed by atoms with Crippen LogP contribution in [0.15, 0.2) is 35.5 Å². The topological polar surface area (TPSA) is 112 Å². The van der Waals surface area contributed by atoms with E-state index in [9.17, 15) is 14.4 Å². The average Bonchev–Trinajstić information content (AvgIpc) is 2.42. The predicted octanol–water partition coefficient (Wildman–Crippen LogP) is 6.19. The maximum atomic E-state index is 10.4. The zero-order chi connectivity index (χ0) is 24.4. The molecule has 0 aromatic carbocycles. The third-order valence-electron chi connectivity index (χ3n) is 2.96. The molecule has 0 spiro atoms. The largest absolute Gasteiger partial charge is 0.512 e. The molecule has 0 rings (SSSR count). The normalized spacial score (nSPS) is 11.8. The van der Waals surface area contributed by atoms with Crippen LogP contribution >= 0.6 is 0 Å². The molecule has 0 fully saturated rings. The molecule has 7 heteroatoms. The second-order valence-electron chi connectivity index (χ2n) is 8.53. The number of carbonyl (C=O) groups is 3. The van der Waals surface area contributed by atoms with E-state index in [2.05, 4.69) is 0 Å². The molecular weight excluding hydrogens is 435 g/mol. The van der Waals surface area contributed by atoms with Gasteiger partial charge >= 0.3 is 0 Å². The van der Waals surface area contributed by atoms with Crippen LogP contribution in [0.3, 0.4) is 0 Å². The summed E-state index contributed by atoms with van der Waals surface area (Å²) in [4.78, 5) is 31.2. The quantitative estimate of drug-likeness (QED) is 0.270. The van der Waals surface area contributed by atoms with E-state index < -0.39 is 0 Å². The summed E-state index contributed by atoms with van der Waals surface area (Å²) in [7, 11) is 0. The summed E-state index contributed by atoms with van der Waals surface area (Å²) in [5.74, 6) is 1.45. The molecule has 0 unspecified atom stereocenters. The Morgan fingerprint density at radius 1 is 0.548 bits per heavy atom. The summed E-state index contributed by atoms with van der Waals surface area (Å²) in [5.41, 5.74) is 0. The van der Waals surface area contributed by atoms with Crippen LogP contribution in [-0.4, -0.2) is 32.7 Å². The second kappa shape index (κ2) is 21.4. The Bertz CT molecular complexity index is 528. The Hall–Kier alpha value is -1.79. The van der Waals surface area contributed by atoms with Crippen LogP contribution in [0.2, 0.25) is 0 Å². The van der Waals surface area contributed by atoms with Crippen LogP contribution in [0.25, 0.3) is 0 Å². The van der Waals surface area contributed by atoms with Crippen LogP contribution < -0.4 is 0 Å². The number of allylic oxidation sites excluding steroid dienone is 6. The van der Waals surface area contributed by atoms with Crippen molar-refractivity contribution >= 4 is 17.3 Å². The Balaban J connectivity index is -0.000000174. The monoisotopic (exact) mass is 477 g/mol. The van der Waals surface area contributed by atoms with Gasteiger partial charge in [0, 0.05) is 56.0 Å². The van der Waals surface area contributed by atoms with Crippen molar-refractivity contribution in [2.45, 2.75) is 81.6 Å². The van der Waals surface area contributed by atoms with Gasteiger partial charge in [0.25, 0.3) is 0 Å². The number of rotatable bonds is 9. The first kappa shape index (κ1) is 36.6. The Morgan fingerprint density at radius 3 is 0.806 bits per heavy atom. The zero-order valence-electron chi connectivity index (χ0n) is 20.6. The first-order valence-corrected chi connectivity index (χ1v) is 10.3. The molecular formula is C24H42O6V. The molecule has 0 aliphatic rings. The Kier molecular flexibility index (Phi) is 25.3. The molecule has 0 aliphatic heterocycles. The van der Waals surface area contributed by atoms with Gasteiger partial charge in [-0.05, 0) is 38.5 Å². The van der Waals surface area contributed by atoms with Crippen LogP contribution in [0.1, 0.15) is 81.6 Å². The number of carbonyl (C=O) groups excluding carboxylic acids is 3. The fourth-order valence-corrected chi connectivity index (χ4v) is 2.14. The van der Waals surface area contributed by atoms with Crippen molar-refractivity contribution in [1.29, 1.82) is 0 Å². The van der Waals surface area contributed by atoms with E-state index in [1.165, 1.54) is 39.0 Å². The van der Waals surface area contributed by atoms with Crippen molar-refractivity contribution in [3.63, 3.8) is 0 Å². The van der Waals surface area contributed by atoms with E-state index in [1.807, 2.05) is 41.5 Å². The molecule has 0 heterocycles. The number of ketones is 3. The first-order chi connectivity index (χ1) is 13.6. The first-order valence-electron chi connectivity index (χ1n) is 10.3. The summed E-state index contributed by atoms with van der Waals surface area (Å²) in [6.07, 6.45) is 5.54. The molecule has 179 valence electrons. The Labute approximate surface area is 200 Å². The molecule has 3 N–H and O–H groups in total. The molecule has 1 radical (unpaired) electrons. The van der Waals surface area contributed by atoms with Gasteiger partial charge in [-0.25, -0.2) is 0 Å². The minimum Gasteiger partial charge on any atom is -0.512 e. The van der Waals surface area contributed by atoms with Gasteiger partial charge in [0.15, 0.2) is 17.3 Å². The SMILES string of the molecule is CC(=O)C=C(O)CC(C)C.CC(=O)C=C(O)CC(C)C.CC(=O)C=C(O)CC(C)C.[V]. The van der Waals surface area contributed by atoms with E-state index >= 15 is 0 Å². The van der Waals surface area contributed by atoms with Crippen molar-refractivity contribution in [2.75, 3.05) is 0 Å². The fourth-order valence-electron chi connectivity index (χ4n) is 2.14. The molecule has 31 heavy (non-hydrogen) atoms. The summed E-state index contributed by atoms with van der Waals surface area (Å²) >= 11 is 0. The van der Waals surface area contributed by atoms with E-state index in [-0.39, 0.29) is 53.2 Å². The van der Waals surface area contributed by atoms with Crippen LogP contribution in [-0.2, 0) is 32.9 Å². The molecule has 0 saturated heterocycles. The summed E-state index contributed by atoms with van der Waals surface area (Å²) < 4.78 is 0. The van der Waals surface area contributed by atoms with Gasteiger partial charge in [0.1, 0.15) is 0 Å². The molecule has 0 aliphatic carbocycles. The van der Waals surface area contributed by atoms with Gasteiger partial charge in [0.05, 0.1) is 17.3 Å². The van der Waals surface area contributed by atoms with Crippen molar-refractivity contribution in [3.8, 4) is 0 Å². The maximum Gasteiger partial charge on any atom is 0.155 e. The molecule has 6 nitrogen and oxygen atoms in total. The summed E-state index contributed by atoms with van der Waals surface area (Å²) in [6.45, 7) is 16.2. The van der Waals surface area contributed by atoms with Gasteiger partial charge in [-0.3, -0.25) is 14.4 Å². The van der Waals surface area contributed by atoms with Gasteiger partial charge < -0.3 is 15.3 Å². The predicted molar refractivity (Wildman–Crippen MR) is 123 cm³/mol. The zero-order valence-corrected chi connectivity index (χ0v) is 22.0. The minimum atomic E-state index is -0.0989. The van der Waals surface area contributed by atoms with Gasteiger partial charge in [-0.1, -0.05) is 41.5 Å². The number of aliphatic hydroxyl groups excluding tert-OH is 3. The van der Waals surface area contributed by atoms with E-state index in [0.717, 1.165) is 0 Å².